The molecule has 6 heteroatoms. The largest absolute Gasteiger partial charge is 0.341 e. The van der Waals surface area contributed by atoms with Gasteiger partial charge in [-0.1, -0.05) is 56.0 Å². The van der Waals surface area contributed by atoms with Gasteiger partial charge in [-0.15, -0.1) is 11.3 Å². The molecule has 1 saturated carbocycles. The minimum Gasteiger partial charge on any atom is -0.341 e. The van der Waals surface area contributed by atoms with Crippen LogP contribution in [0.25, 0.3) is 0 Å². The normalized spacial score (nSPS) is 21.9. The molecule has 1 aromatic carbocycles. The third-order valence-electron chi connectivity index (χ3n) is 7.96. The average Bonchev–Trinajstić information content (AvgIpc) is 3.50. The highest BCUT2D eigenvalue weighted by molar-refractivity contribution is 7.10. The second-order valence-electron chi connectivity index (χ2n) is 10.1. The van der Waals surface area contributed by atoms with Gasteiger partial charge in [0.25, 0.3) is 0 Å². The van der Waals surface area contributed by atoms with Crippen LogP contribution in [0.2, 0.25) is 0 Å². The summed E-state index contributed by atoms with van der Waals surface area (Å²) in [6, 6.07) is 12.9. The number of rotatable bonds is 6. The molecule has 2 amide bonds. The number of hydrogen-bond acceptors (Lipinski definition) is 4. The van der Waals surface area contributed by atoms with Crippen LogP contribution in [0.4, 0.5) is 0 Å². The second-order valence-corrected chi connectivity index (χ2v) is 11.1. The zero-order valence-corrected chi connectivity index (χ0v) is 21.0. The minimum absolute atomic E-state index is 0.140. The maximum absolute atomic E-state index is 13.4. The molecule has 1 aliphatic carbocycles. The van der Waals surface area contributed by atoms with Crippen LogP contribution in [0.5, 0.6) is 0 Å². The Labute approximate surface area is 207 Å². The Bertz CT molecular complexity index is 969. The minimum atomic E-state index is 0.140. The van der Waals surface area contributed by atoms with Crippen LogP contribution in [0, 0.1) is 5.92 Å². The van der Waals surface area contributed by atoms with Crippen molar-refractivity contribution in [3.05, 3.63) is 57.8 Å². The highest BCUT2D eigenvalue weighted by atomic mass is 32.1. The Morgan fingerprint density at radius 1 is 0.853 bits per heavy atom. The zero-order valence-electron chi connectivity index (χ0n) is 20.2. The van der Waals surface area contributed by atoms with E-state index in [0.717, 1.165) is 44.8 Å². The summed E-state index contributed by atoms with van der Waals surface area (Å²) in [7, 11) is 0. The lowest BCUT2D eigenvalue weighted by atomic mass is 9.93. The van der Waals surface area contributed by atoms with Crippen molar-refractivity contribution in [3.8, 4) is 0 Å². The van der Waals surface area contributed by atoms with Gasteiger partial charge in [0, 0.05) is 44.0 Å². The monoisotopic (exact) mass is 479 g/mol. The summed E-state index contributed by atoms with van der Waals surface area (Å²) < 4.78 is 0. The first-order valence-corrected chi connectivity index (χ1v) is 14.0. The molecule has 1 aromatic heterocycles. The molecule has 0 radical (unpaired) electrons. The van der Waals surface area contributed by atoms with Gasteiger partial charge < -0.3 is 9.80 Å². The van der Waals surface area contributed by atoms with E-state index >= 15 is 0 Å². The van der Waals surface area contributed by atoms with Crippen molar-refractivity contribution in [1.29, 1.82) is 0 Å². The highest BCUT2D eigenvalue weighted by Gasteiger charge is 2.32. The predicted octanol–water partition coefficient (Wildman–Crippen LogP) is 4.73. The summed E-state index contributed by atoms with van der Waals surface area (Å²) >= 11 is 1.83. The first kappa shape index (κ1) is 23.6. The molecule has 182 valence electrons. The molecular weight excluding hydrogens is 442 g/mol. The fourth-order valence-corrected chi connectivity index (χ4v) is 6.94. The van der Waals surface area contributed by atoms with Crippen molar-refractivity contribution >= 4 is 23.2 Å². The van der Waals surface area contributed by atoms with Gasteiger partial charge in [-0.25, -0.2) is 0 Å². The Kier molecular flexibility index (Phi) is 7.65. The van der Waals surface area contributed by atoms with Gasteiger partial charge in [0.1, 0.15) is 0 Å². The van der Waals surface area contributed by atoms with Crippen LogP contribution in [-0.2, 0) is 16.0 Å². The topological polar surface area (TPSA) is 43.9 Å². The number of fused-ring (bicyclic) bond motifs is 1. The fraction of sp³-hybridized carbons (Fsp3) is 0.571. The molecule has 0 spiro atoms. The average molecular weight is 480 g/mol. The van der Waals surface area contributed by atoms with Crippen molar-refractivity contribution in [1.82, 2.24) is 14.7 Å². The van der Waals surface area contributed by atoms with E-state index in [0.29, 0.717) is 26.1 Å². The van der Waals surface area contributed by atoms with E-state index in [9.17, 15) is 9.59 Å². The Hall–Kier alpha value is -2.18. The third kappa shape index (κ3) is 5.38. The van der Waals surface area contributed by atoms with Gasteiger partial charge in [-0.05, 0) is 47.8 Å². The number of carbonyl (C=O) groups excluding carboxylic acids is 2. The summed E-state index contributed by atoms with van der Waals surface area (Å²) in [6.45, 7) is 4.19. The van der Waals surface area contributed by atoms with Crippen LogP contribution >= 0.6 is 11.3 Å². The van der Waals surface area contributed by atoms with Gasteiger partial charge in [-0.3, -0.25) is 14.5 Å². The smallest absolute Gasteiger partial charge is 0.236 e. The van der Waals surface area contributed by atoms with E-state index in [4.69, 9.17) is 0 Å². The molecule has 5 nitrogen and oxygen atoms in total. The zero-order chi connectivity index (χ0) is 23.3. The van der Waals surface area contributed by atoms with Gasteiger partial charge in [-0.2, -0.15) is 0 Å². The number of thiophene rings is 1. The van der Waals surface area contributed by atoms with Gasteiger partial charge in [0.05, 0.1) is 12.6 Å². The van der Waals surface area contributed by atoms with Crippen LogP contribution in [0.1, 0.15) is 67.0 Å². The Morgan fingerprint density at radius 2 is 1.59 bits per heavy atom. The summed E-state index contributed by atoms with van der Waals surface area (Å²) in [5, 5.41) is 2.18. The molecule has 2 aliphatic heterocycles. The molecule has 2 fully saturated rings. The fourth-order valence-electron chi connectivity index (χ4n) is 6.04. The highest BCUT2D eigenvalue weighted by Crippen LogP contribution is 2.37. The lowest BCUT2D eigenvalue weighted by Gasteiger charge is -2.37. The van der Waals surface area contributed by atoms with Crippen LogP contribution < -0.4 is 0 Å². The number of hydrogen-bond donors (Lipinski definition) is 0. The third-order valence-corrected chi connectivity index (χ3v) is 8.96. The van der Waals surface area contributed by atoms with Crippen LogP contribution in [0.15, 0.2) is 41.8 Å². The molecule has 34 heavy (non-hydrogen) atoms. The first-order chi connectivity index (χ1) is 16.7. The standard InChI is InChI=1S/C28H37N3O2S/c32-26(12-11-22-7-4-5-8-22)29-15-6-16-30(19-18-29)27(33)21-31-17-13-25-24(14-20-34-25)28(31)23-9-2-1-3-10-23/h1-3,9-10,14,20,22,28H,4-8,11-13,15-19,21H2/t28-/m1/s1. The molecule has 3 heterocycles. The van der Waals surface area contributed by atoms with Crippen LogP contribution in [-0.4, -0.2) is 65.8 Å². The molecule has 1 atom stereocenters. The van der Waals surface area contributed by atoms with Crippen molar-refractivity contribution < 1.29 is 9.59 Å². The van der Waals surface area contributed by atoms with Crippen LogP contribution in [0.3, 0.4) is 0 Å². The van der Waals surface area contributed by atoms with E-state index in [1.54, 1.807) is 0 Å². The molecular formula is C28H37N3O2S. The summed E-state index contributed by atoms with van der Waals surface area (Å²) in [6.07, 6.45) is 8.84. The molecule has 0 unspecified atom stereocenters. The molecule has 0 N–H and O–H groups in total. The van der Waals surface area contributed by atoms with E-state index in [-0.39, 0.29) is 17.9 Å². The first-order valence-electron chi connectivity index (χ1n) is 13.1. The molecule has 1 saturated heterocycles. The predicted molar refractivity (Wildman–Crippen MR) is 137 cm³/mol. The molecule has 2 aromatic rings. The maximum atomic E-state index is 13.4. The van der Waals surface area contributed by atoms with Crippen molar-refractivity contribution in [2.75, 3.05) is 39.3 Å². The second kappa shape index (κ2) is 11.0. The number of amides is 2. The quantitative estimate of drug-likeness (QED) is 0.602. The van der Waals surface area contributed by atoms with E-state index in [1.165, 1.54) is 41.7 Å². The summed E-state index contributed by atoms with van der Waals surface area (Å²) in [5.41, 5.74) is 2.61. The maximum Gasteiger partial charge on any atom is 0.236 e. The lowest BCUT2D eigenvalue weighted by Crippen LogP contribution is -2.45. The van der Waals surface area contributed by atoms with Crippen molar-refractivity contribution in [3.63, 3.8) is 0 Å². The SMILES string of the molecule is O=C(CCC1CCCC1)N1CCCN(C(=O)CN2CCc3sccc3[C@H]2c2ccccc2)CC1. The number of carbonyl (C=O) groups is 2. The number of benzene rings is 1. The van der Waals surface area contributed by atoms with E-state index in [1.807, 2.05) is 27.2 Å². The van der Waals surface area contributed by atoms with Crippen molar-refractivity contribution in [2.45, 2.75) is 57.4 Å². The molecule has 0 bridgehead atoms. The van der Waals surface area contributed by atoms with E-state index < -0.39 is 0 Å². The van der Waals surface area contributed by atoms with Gasteiger partial charge in [0.2, 0.25) is 11.8 Å². The number of nitrogens with zero attached hydrogens (tertiary/aromatic N) is 3. The van der Waals surface area contributed by atoms with E-state index in [2.05, 4.69) is 40.6 Å². The molecule has 5 rings (SSSR count). The summed E-state index contributed by atoms with van der Waals surface area (Å²) in [4.78, 5) is 34.0. The Balaban J connectivity index is 1.19. The summed E-state index contributed by atoms with van der Waals surface area (Å²) in [5.74, 6) is 1.23. The molecule has 3 aliphatic rings. The van der Waals surface area contributed by atoms with Gasteiger partial charge >= 0.3 is 0 Å². The Morgan fingerprint density at radius 3 is 2.35 bits per heavy atom. The van der Waals surface area contributed by atoms with Crippen molar-refractivity contribution in [2.24, 2.45) is 5.92 Å². The van der Waals surface area contributed by atoms with Gasteiger partial charge in [0.15, 0.2) is 0 Å². The lowest BCUT2D eigenvalue weighted by molar-refractivity contribution is -0.134.